The van der Waals surface area contributed by atoms with Crippen molar-refractivity contribution < 1.29 is 28.9 Å². The summed E-state index contributed by atoms with van der Waals surface area (Å²) in [6.07, 6.45) is 1.65. The van der Waals surface area contributed by atoms with E-state index in [1.807, 2.05) is 0 Å². The number of benzene rings is 1. The number of hydrogen-bond acceptors (Lipinski definition) is 7. The van der Waals surface area contributed by atoms with E-state index in [-0.39, 0.29) is 36.4 Å². The van der Waals surface area contributed by atoms with E-state index in [2.05, 4.69) is 15.6 Å². The van der Waals surface area contributed by atoms with Crippen LogP contribution in [-0.4, -0.2) is 56.4 Å². The van der Waals surface area contributed by atoms with Gasteiger partial charge in [0.05, 0.1) is 18.7 Å². The molecule has 3 aromatic rings. The number of rotatable bonds is 6. The molecule has 1 aliphatic rings. The van der Waals surface area contributed by atoms with Crippen molar-refractivity contribution >= 4 is 22.8 Å². The van der Waals surface area contributed by atoms with Crippen molar-refractivity contribution in [3.63, 3.8) is 0 Å². The average Bonchev–Trinajstić information content (AvgIpc) is 2.84. The maximum Gasteiger partial charge on any atom is 0.268 e. The number of amides is 2. The molecule has 1 atom stereocenters. The summed E-state index contributed by atoms with van der Waals surface area (Å²) in [7, 11) is 1.32. The van der Waals surface area contributed by atoms with Gasteiger partial charge in [-0.1, -0.05) is 12.1 Å². The zero-order chi connectivity index (χ0) is 26.4. The highest BCUT2D eigenvalue weighted by molar-refractivity contribution is 6.02. The van der Waals surface area contributed by atoms with Gasteiger partial charge in [-0.15, -0.1) is 0 Å². The fourth-order valence-corrected chi connectivity index (χ4v) is 4.10. The van der Waals surface area contributed by atoms with Gasteiger partial charge in [0.1, 0.15) is 22.4 Å². The number of carbonyl (C=O) groups excluding carboxylic acids is 2. The van der Waals surface area contributed by atoms with Crippen LogP contribution in [0.1, 0.15) is 42.3 Å². The Bertz CT molecular complexity index is 1430. The second kappa shape index (κ2) is 8.90. The van der Waals surface area contributed by atoms with Crippen LogP contribution in [0.4, 0.5) is 4.39 Å². The van der Waals surface area contributed by atoms with E-state index in [1.54, 1.807) is 26.0 Å². The van der Waals surface area contributed by atoms with E-state index in [0.29, 0.717) is 5.56 Å². The van der Waals surface area contributed by atoms with E-state index in [4.69, 9.17) is 4.74 Å². The molecule has 0 saturated heterocycles. The Morgan fingerprint density at radius 2 is 1.94 bits per heavy atom. The zero-order valence-electron chi connectivity index (χ0n) is 20.3. The van der Waals surface area contributed by atoms with Gasteiger partial charge in [-0.25, -0.2) is 4.39 Å². The number of carbonyl (C=O) groups is 2. The Morgan fingerprint density at radius 1 is 1.28 bits per heavy atom. The summed E-state index contributed by atoms with van der Waals surface area (Å²) in [6.45, 7) is 4.13. The molecule has 0 aliphatic carbocycles. The number of ether oxygens (including phenoxy) is 1. The second-order valence-corrected chi connectivity index (χ2v) is 9.64. The van der Waals surface area contributed by atoms with Gasteiger partial charge in [0.25, 0.3) is 17.4 Å². The molecule has 0 radical (unpaired) electrons. The standard InChI is InChI=1S/C25H27FN4O6/c1-24(2,12-31)29-23(35)25(3)11-30-18-17(19(32)16(22(30)34)21(33)27-4)28-10-14(20(18)36-25)9-13-5-7-15(26)8-6-13/h5-8,10,31-32H,9,11-12H2,1-4H3,(H,27,33)(H,29,35)/t25-/m1/s1. The van der Waals surface area contributed by atoms with Gasteiger partial charge < -0.3 is 25.6 Å². The molecule has 2 amide bonds. The highest BCUT2D eigenvalue weighted by atomic mass is 19.1. The number of aromatic nitrogens is 2. The molecule has 0 bridgehead atoms. The van der Waals surface area contributed by atoms with Gasteiger partial charge in [-0.2, -0.15) is 0 Å². The Labute approximate surface area is 205 Å². The highest BCUT2D eigenvalue weighted by Crippen LogP contribution is 2.40. The fourth-order valence-electron chi connectivity index (χ4n) is 4.10. The zero-order valence-corrected chi connectivity index (χ0v) is 20.3. The van der Waals surface area contributed by atoms with E-state index < -0.39 is 45.6 Å². The minimum atomic E-state index is -1.62. The van der Waals surface area contributed by atoms with Gasteiger partial charge in [0, 0.05) is 25.2 Å². The van der Waals surface area contributed by atoms with Crippen molar-refractivity contribution in [2.45, 2.75) is 44.9 Å². The number of hydrogen-bond donors (Lipinski definition) is 4. The lowest BCUT2D eigenvalue weighted by molar-refractivity contribution is -0.139. The molecule has 0 saturated carbocycles. The molecule has 0 fully saturated rings. The van der Waals surface area contributed by atoms with Crippen molar-refractivity contribution in [3.8, 4) is 11.5 Å². The van der Waals surface area contributed by atoms with Crippen LogP contribution in [0.25, 0.3) is 11.0 Å². The third kappa shape index (κ3) is 4.26. The summed E-state index contributed by atoms with van der Waals surface area (Å²) in [4.78, 5) is 43.5. The summed E-state index contributed by atoms with van der Waals surface area (Å²) >= 11 is 0. The van der Waals surface area contributed by atoms with Crippen molar-refractivity contribution in [2.75, 3.05) is 13.7 Å². The van der Waals surface area contributed by atoms with Crippen LogP contribution in [-0.2, 0) is 17.8 Å². The molecule has 2 aromatic heterocycles. The largest absolute Gasteiger partial charge is 0.505 e. The first-order valence-electron chi connectivity index (χ1n) is 11.3. The summed E-state index contributed by atoms with van der Waals surface area (Å²) in [5.74, 6) is -2.26. The molecule has 4 N–H and O–H groups in total. The van der Waals surface area contributed by atoms with Gasteiger partial charge in [-0.3, -0.25) is 23.9 Å². The molecule has 36 heavy (non-hydrogen) atoms. The van der Waals surface area contributed by atoms with Crippen molar-refractivity contribution in [2.24, 2.45) is 0 Å². The molecule has 0 unspecified atom stereocenters. The van der Waals surface area contributed by atoms with Crippen molar-refractivity contribution in [1.82, 2.24) is 20.2 Å². The van der Waals surface area contributed by atoms with Crippen LogP contribution in [0.2, 0.25) is 0 Å². The van der Waals surface area contributed by atoms with Crippen LogP contribution in [0.5, 0.6) is 11.5 Å². The lowest BCUT2D eigenvalue weighted by atomic mass is 9.97. The third-order valence-corrected chi connectivity index (χ3v) is 6.15. The first kappa shape index (κ1) is 25.1. The minimum absolute atomic E-state index is 0.0378. The molecular weight excluding hydrogens is 471 g/mol. The second-order valence-electron chi connectivity index (χ2n) is 9.64. The monoisotopic (exact) mass is 498 g/mol. The van der Waals surface area contributed by atoms with Gasteiger partial charge in [0.2, 0.25) is 5.60 Å². The first-order valence-corrected chi connectivity index (χ1v) is 11.3. The van der Waals surface area contributed by atoms with E-state index in [9.17, 15) is 29.0 Å². The number of aromatic hydroxyl groups is 1. The maximum atomic E-state index is 13.4. The first-order chi connectivity index (χ1) is 16.9. The Morgan fingerprint density at radius 3 is 2.56 bits per heavy atom. The van der Waals surface area contributed by atoms with Gasteiger partial charge >= 0.3 is 0 Å². The Hall–Kier alpha value is -3.99. The Kier molecular flexibility index (Phi) is 6.21. The molecule has 10 nitrogen and oxygen atoms in total. The van der Waals surface area contributed by atoms with Crippen LogP contribution in [0.15, 0.2) is 35.3 Å². The summed E-state index contributed by atoms with van der Waals surface area (Å²) < 4.78 is 20.8. The number of halogens is 1. The third-order valence-electron chi connectivity index (χ3n) is 6.15. The quantitative estimate of drug-likeness (QED) is 0.400. The predicted molar refractivity (Wildman–Crippen MR) is 129 cm³/mol. The number of nitrogens with one attached hydrogen (secondary N) is 2. The average molecular weight is 499 g/mol. The lowest BCUT2D eigenvalue weighted by Crippen LogP contribution is -2.60. The summed E-state index contributed by atoms with van der Waals surface area (Å²) in [5, 5.41) is 25.5. The smallest absolute Gasteiger partial charge is 0.268 e. The van der Waals surface area contributed by atoms with Crippen molar-refractivity contribution in [3.05, 3.63) is 63.3 Å². The Balaban J connectivity index is 1.95. The molecule has 0 spiro atoms. The summed E-state index contributed by atoms with van der Waals surface area (Å²) in [5.41, 5.74) is -2.61. The molecule has 1 aliphatic heterocycles. The minimum Gasteiger partial charge on any atom is -0.505 e. The van der Waals surface area contributed by atoms with E-state index in [1.165, 1.54) is 36.9 Å². The van der Waals surface area contributed by atoms with E-state index >= 15 is 0 Å². The van der Waals surface area contributed by atoms with Crippen LogP contribution >= 0.6 is 0 Å². The predicted octanol–water partition coefficient (Wildman–Crippen LogP) is 1.23. The number of aliphatic hydroxyl groups is 1. The fraction of sp³-hybridized carbons (Fsp3) is 0.360. The molecule has 1 aromatic carbocycles. The normalized spacial score (nSPS) is 16.9. The molecule has 190 valence electrons. The SMILES string of the molecule is CNC(=O)c1c(O)c2ncc(Cc3ccc(F)cc3)c3c2n(c1=O)C[C@](C)(C(=O)NC(C)(C)CO)O3. The van der Waals surface area contributed by atoms with Crippen LogP contribution in [0, 0.1) is 5.82 Å². The van der Waals surface area contributed by atoms with E-state index in [0.717, 1.165) is 5.56 Å². The molecule has 3 heterocycles. The topological polar surface area (TPSA) is 143 Å². The summed E-state index contributed by atoms with van der Waals surface area (Å²) in [6, 6.07) is 5.79. The maximum absolute atomic E-state index is 13.4. The number of aliphatic hydroxyl groups excluding tert-OH is 1. The van der Waals surface area contributed by atoms with Gasteiger partial charge in [-0.05, 0) is 38.5 Å². The number of nitrogens with zero attached hydrogens (tertiary/aromatic N) is 2. The van der Waals surface area contributed by atoms with Crippen molar-refractivity contribution in [1.29, 1.82) is 0 Å². The molecular formula is C25H27FN4O6. The van der Waals surface area contributed by atoms with Crippen LogP contribution < -0.4 is 20.9 Å². The highest BCUT2D eigenvalue weighted by Gasteiger charge is 2.44. The molecule has 4 rings (SSSR count). The molecule has 11 heteroatoms. The van der Waals surface area contributed by atoms with Gasteiger partial charge in [0.15, 0.2) is 11.5 Å². The lowest BCUT2D eigenvalue weighted by Gasteiger charge is -2.38. The van der Waals surface area contributed by atoms with Crippen LogP contribution in [0.3, 0.4) is 0 Å². The number of pyridine rings is 2.